The summed E-state index contributed by atoms with van der Waals surface area (Å²) < 4.78 is 5.10. The van der Waals surface area contributed by atoms with Crippen LogP contribution in [0.3, 0.4) is 0 Å². The lowest BCUT2D eigenvalue weighted by molar-refractivity contribution is -0.121. The van der Waals surface area contributed by atoms with E-state index in [1.165, 1.54) is 6.26 Å². The first kappa shape index (κ1) is 18.7. The fraction of sp³-hybridized carbons (Fsp3) is 0.316. The summed E-state index contributed by atoms with van der Waals surface area (Å²) in [6.45, 7) is 2.59. The van der Waals surface area contributed by atoms with Crippen LogP contribution in [0.25, 0.3) is 0 Å². The minimum Gasteiger partial charge on any atom is -0.467 e. The summed E-state index contributed by atoms with van der Waals surface area (Å²) in [6.07, 6.45) is 1.52. The van der Waals surface area contributed by atoms with Crippen molar-refractivity contribution < 1.29 is 18.8 Å². The molecule has 142 valence electrons. The summed E-state index contributed by atoms with van der Waals surface area (Å²) in [7, 11) is 0. The van der Waals surface area contributed by atoms with Crippen LogP contribution in [0, 0.1) is 0 Å². The van der Waals surface area contributed by atoms with Gasteiger partial charge in [-0.1, -0.05) is 18.2 Å². The van der Waals surface area contributed by atoms with E-state index in [9.17, 15) is 14.4 Å². The second-order valence-electron chi connectivity index (χ2n) is 6.24. The number of carbonyl (C=O) groups is 3. The fourth-order valence-corrected chi connectivity index (χ4v) is 2.87. The first-order valence-electron chi connectivity index (χ1n) is 8.78. The standard InChI is InChI=1S/C19H22N4O4/c24-17(21-19(26)20-13-16-7-4-12-27-16)14-22-8-10-23(11-9-22)18(25)15-5-2-1-3-6-15/h1-7,12H,8-11,13-14H2,(H2,20,21,24,26). The molecule has 0 atom stereocenters. The molecular weight excluding hydrogens is 348 g/mol. The third-order valence-corrected chi connectivity index (χ3v) is 4.30. The van der Waals surface area contributed by atoms with E-state index in [1.807, 2.05) is 23.1 Å². The Morgan fingerprint density at radius 1 is 0.963 bits per heavy atom. The number of rotatable bonds is 5. The molecule has 0 bridgehead atoms. The van der Waals surface area contributed by atoms with E-state index >= 15 is 0 Å². The Hall–Kier alpha value is -3.13. The van der Waals surface area contributed by atoms with Gasteiger partial charge in [0.05, 0.1) is 19.4 Å². The van der Waals surface area contributed by atoms with Gasteiger partial charge in [0.15, 0.2) is 0 Å². The molecule has 3 rings (SSSR count). The molecular formula is C19H22N4O4. The van der Waals surface area contributed by atoms with Gasteiger partial charge in [0.2, 0.25) is 5.91 Å². The molecule has 0 aliphatic carbocycles. The fourth-order valence-electron chi connectivity index (χ4n) is 2.87. The smallest absolute Gasteiger partial charge is 0.321 e. The maximum Gasteiger partial charge on any atom is 0.321 e. The Bertz CT molecular complexity index is 768. The zero-order valence-corrected chi connectivity index (χ0v) is 14.9. The summed E-state index contributed by atoms with van der Waals surface area (Å²) in [6, 6.07) is 12.0. The maximum atomic E-state index is 12.4. The zero-order chi connectivity index (χ0) is 19.1. The molecule has 0 radical (unpaired) electrons. The Balaban J connectivity index is 1.37. The highest BCUT2D eigenvalue weighted by molar-refractivity contribution is 5.95. The molecule has 27 heavy (non-hydrogen) atoms. The number of furan rings is 1. The maximum absolute atomic E-state index is 12.4. The molecule has 2 N–H and O–H groups in total. The Morgan fingerprint density at radius 2 is 1.70 bits per heavy atom. The van der Waals surface area contributed by atoms with E-state index in [-0.39, 0.29) is 24.9 Å². The van der Waals surface area contributed by atoms with E-state index in [0.29, 0.717) is 37.5 Å². The Kier molecular flexibility index (Phi) is 6.22. The molecule has 1 aliphatic heterocycles. The molecule has 1 saturated heterocycles. The molecule has 1 aromatic carbocycles. The van der Waals surface area contributed by atoms with Crippen LogP contribution in [0.2, 0.25) is 0 Å². The Morgan fingerprint density at radius 3 is 2.37 bits per heavy atom. The zero-order valence-electron chi connectivity index (χ0n) is 14.9. The average Bonchev–Trinajstić information content (AvgIpc) is 3.21. The van der Waals surface area contributed by atoms with Crippen molar-refractivity contribution in [1.29, 1.82) is 0 Å². The van der Waals surface area contributed by atoms with Crippen LogP contribution in [-0.4, -0.2) is 60.4 Å². The van der Waals surface area contributed by atoms with Gasteiger partial charge in [-0.25, -0.2) is 4.79 Å². The van der Waals surface area contributed by atoms with Crippen molar-refractivity contribution in [2.45, 2.75) is 6.54 Å². The van der Waals surface area contributed by atoms with Crippen LogP contribution in [-0.2, 0) is 11.3 Å². The third-order valence-electron chi connectivity index (χ3n) is 4.30. The van der Waals surface area contributed by atoms with Crippen molar-refractivity contribution in [3.05, 3.63) is 60.1 Å². The number of hydrogen-bond donors (Lipinski definition) is 2. The molecule has 2 aromatic rings. The molecule has 1 aliphatic rings. The summed E-state index contributed by atoms with van der Waals surface area (Å²) in [4.78, 5) is 39.8. The van der Waals surface area contributed by atoms with Gasteiger partial charge in [-0.15, -0.1) is 0 Å². The second kappa shape index (κ2) is 9.00. The highest BCUT2D eigenvalue weighted by Crippen LogP contribution is 2.08. The van der Waals surface area contributed by atoms with Crippen LogP contribution in [0.5, 0.6) is 0 Å². The Labute approximate surface area is 157 Å². The topological polar surface area (TPSA) is 94.9 Å². The van der Waals surface area contributed by atoms with Gasteiger partial charge in [0, 0.05) is 31.7 Å². The van der Waals surface area contributed by atoms with E-state index < -0.39 is 6.03 Å². The quantitative estimate of drug-likeness (QED) is 0.821. The monoisotopic (exact) mass is 370 g/mol. The van der Waals surface area contributed by atoms with Gasteiger partial charge < -0.3 is 14.6 Å². The molecule has 0 unspecified atom stereocenters. The predicted octanol–water partition coefficient (Wildman–Crippen LogP) is 1.06. The van der Waals surface area contributed by atoms with Crippen LogP contribution < -0.4 is 10.6 Å². The van der Waals surface area contributed by atoms with Gasteiger partial charge >= 0.3 is 6.03 Å². The van der Waals surface area contributed by atoms with Gasteiger partial charge in [0.25, 0.3) is 5.91 Å². The number of amides is 4. The molecule has 4 amide bonds. The molecule has 2 heterocycles. The summed E-state index contributed by atoms with van der Waals surface area (Å²) >= 11 is 0. The summed E-state index contributed by atoms with van der Waals surface area (Å²) in [5.41, 5.74) is 0.664. The predicted molar refractivity (Wildman–Crippen MR) is 97.9 cm³/mol. The van der Waals surface area contributed by atoms with Gasteiger partial charge in [-0.05, 0) is 24.3 Å². The number of imide groups is 1. The SMILES string of the molecule is O=C(CN1CCN(C(=O)c2ccccc2)CC1)NC(=O)NCc1ccco1. The van der Waals surface area contributed by atoms with Crippen molar-refractivity contribution in [2.75, 3.05) is 32.7 Å². The van der Waals surface area contributed by atoms with Crippen molar-refractivity contribution in [3.8, 4) is 0 Å². The number of benzene rings is 1. The number of piperazine rings is 1. The van der Waals surface area contributed by atoms with Crippen molar-refractivity contribution in [1.82, 2.24) is 20.4 Å². The summed E-state index contributed by atoms with van der Waals surface area (Å²) in [5, 5.41) is 4.85. The lowest BCUT2D eigenvalue weighted by Crippen LogP contribution is -2.52. The van der Waals surface area contributed by atoms with E-state index in [2.05, 4.69) is 10.6 Å². The molecule has 1 fully saturated rings. The van der Waals surface area contributed by atoms with Crippen LogP contribution in [0.4, 0.5) is 4.79 Å². The minimum atomic E-state index is -0.561. The molecule has 0 spiro atoms. The third kappa shape index (κ3) is 5.42. The lowest BCUT2D eigenvalue weighted by atomic mass is 10.2. The number of carbonyl (C=O) groups excluding carboxylic acids is 3. The highest BCUT2D eigenvalue weighted by atomic mass is 16.3. The first-order valence-corrected chi connectivity index (χ1v) is 8.78. The van der Waals surface area contributed by atoms with Crippen molar-refractivity contribution in [2.24, 2.45) is 0 Å². The summed E-state index contributed by atoms with van der Waals surface area (Å²) in [5.74, 6) is 0.226. The number of urea groups is 1. The number of nitrogens with one attached hydrogen (secondary N) is 2. The number of hydrogen-bond acceptors (Lipinski definition) is 5. The molecule has 8 heteroatoms. The van der Waals surface area contributed by atoms with Crippen molar-refractivity contribution in [3.63, 3.8) is 0 Å². The van der Waals surface area contributed by atoms with Crippen molar-refractivity contribution >= 4 is 17.8 Å². The first-order chi connectivity index (χ1) is 13.1. The molecule has 1 aromatic heterocycles. The normalized spacial score (nSPS) is 14.6. The van der Waals surface area contributed by atoms with Crippen LogP contribution in [0.1, 0.15) is 16.1 Å². The van der Waals surface area contributed by atoms with E-state index in [1.54, 1.807) is 29.2 Å². The average molecular weight is 370 g/mol. The van der Waals surface area contributed by atoms with Gasteiger partial charge in [-0.2, -0.15) is 0 Å². The van der Waals surface area contributed by atoms with Crippen LogP contribution >= 0.6 is 0 Å². The van der Waals surface area contributed by atoms with E-state index in [0.717, 1.165) is 0 Å². The van der Waals surface area contributed by atoms with E-state index in [4.69, 9.17) is 4.42 Å². The van der Waals surface area contributed by atoms with Gasteiger partial charge in [-0.3, -0.25) is 19.8 Å². The molecule has 0 saturated carbocycles. The molecule has 8 nitrogen and oxygen atoms in total. The minimum absolute atomic E-state index is 0.00277. The second-order valence-corrected chi connectivity index (χ2v) is 6.24. The van der Waals surface area contributed by atoms with Gasteiger partial charge in [0.1, 0.15) is 5.76 Å². The van der Waals surface area contributed by atoms with Crippen LogP contribution in [0.15, 0.2) is 53.1 Å². The lowest BCUT2D eigenvalue weighted by Gasteiger charge is -2.34. The number of nitrogens with zero attached hydrogens (tertiary/aromatic N) is 2. The highest BCUT2D eigenvalue weighted by Gasteiger charge is 2.23. The largest absolute Gasteiger partial charge is 0.467 e.